The van der Waals surface area contributed by atoms with Gasteiger partial charge in [-0.15, -0.1) is 0 Å². The van der Waals surface area contributed by atoms with Crippen molar-refractivity contribution in [2.75, 3.05) is 11.5 Å². The van der Waals surface area contributed by atoms with Crippen LogP contribution in [0.2, 0.25) is 6.32 Å². The molecule has 4 N–H and O–H groups in total. The van der Waals surface area contributed by atoms with Gasteiger partial charge in [-0.25, -0.2) is 0 Å². The first-order valence-corrected chi connectivity index (χ1v) is 15.2. The molecule has 6 rings (SSSR count). The molecule has 2 heterocycles. The molecule has 2 aliphatic heterocycles. The summed E-state index contributed by atoms with van der Waals surface area (Å²) in [4.78, 5) is 29.1. The fraction of sp³-hybridized carbons (Fsp3) is 0.294. The number of anilines is 1. The third-order valence-electron chi connectivity index (χ3n) is 9.00. The van der Waals surface area contributed by atoms with Gasteiger partial charge in [-0.3, -0.25) is 14.5 Å². The number of phenols is 1. The summed E-state index contributed by atoms with van der Waals surface area (Å²) >= 11 is 0. The van der Waals surface area contributed by atoms with Crippen LogP contribution < -0.4 is 15.1 Å². The van der Waals surface area contributed by atoms with Gasteiger partial charge in [0.05, 0.1) is 23.6 Å². The van der Waals surface area contributed by atoms with Gasteiger partial charge in [0.1, 0.15) is 18.1 Å². The maximum Gasteiger partial charge on any atom is 0.488 e. The Morgan fingerprint density at radius 2 is 1.78 bits per heavy atom. The third-order valence-corrected chi connectivity index (χ3v) is 9.00. The van der Waals surface area contributed by atoms with Crippen molar-refractivity contribution in [3.8, 4) is 11.5 Å². The average Bonchev–Trinajstić information content (AvgIpc) is 3.29. The van der Waals surface area contributed by atoms with E-state index in [1.165, 1.54) is 12.1 Å². The number of hydrogen-bond acceptors (Lipinski definition) is 8. The summed E-state index contributed by atoms with van der Waals surface area (Å²) in [6.45, 7) is 2.23. The molecule has 2 saturated heterocycles. The number of phenolic OH excluding ortho intramolecular Hbond substituents is 1. The minimum atomic E-state index is -1.74. The highest BCUT2D eigenvalue weighted by Crippen LogP contribution is 2.51. The number of imide groups is 1. The Balaban J connectivity index is 1.32. The predicted octanol–water partition coefficient (Wildman–Crippen LogP) is 3.34. The number of carbonyl (C=O) groups is 2. The van der Waals surface area contributed by atoms with Crippen LogP contribution in [0.15, 0.2) is 95.6 Å². The van der Waals surface area contributed by atoms with E-state index >= 15 is 0 Å². The van der Waals surface area contributed by atoms with Gasteiger partial charge in [0.2, 0.25) is 11.8 Å². The van der Waals surface area contributed by atoms with Crippen LogP contribution in [-0.2, 0) is 14.2 Å². The molecule has 1 aliphatic carbocycles. The second-order valence-corrected chi connectivity index (χ2v) is 12.0. The van der Waals surface area contributed by atoms with Crippen LogP contribution in [0.5, 0.6) is 11.5 Å². The minimum Gasteiger partial charge on any atom is -0.508 e. The number of carbonyl (C=O) groups excluding carboxylic acids is 2. The maximum atomic E-state index is 14.1. The Morgan fingerprint density at radius 3 is 2.51 bits per heavy atom. The van der Waals surface area contributed by atoms with Gasteiger partial charge in [0, 0.05) is 0 Å². The summed E-state index contributed by atoms with van der Waals surface area (Å²) in [5.74, 6) is -1.60. The first-order chi connectivity index (χ1) is 21.7. The Labute approximate surface area is 262 Å². The molecular formula is C34H35B2NO8. The molecule has 0 spiro atoms. The fourth-order valence-electron chi connectivity index (χ4n) is 6.95. The zero-order chi connectivity index (χ0) is 31.7. The second-order valence-electron chi connectivity index (χ2n) is 12.0. The molecule has 3 aromatic carbocycles. The highest BCUT2D eigenvalue weighted by atomic mass is 16.5. The molecular weight excluding hydrogens is 572 g/mol. The summed E-state index contributed by atoms with van der Waals surface area (Å²) in [5, 5.41) is 39.9. The number of hydrogen-bond donors (Lipinski definition) is 4. The van der Waals surface area contributed by atoms with Gasteiger partial charge in [-0.1, -0.05) is 54.1 Å². The number of benzene rings is 3. The Morgan fingerprint density at radius 1 is 1.02 bits per heavy atom. The monoisotopic (exact) mass is 607 g/mol. The number of fused-ring (bicyclic) bond motifs is 3. The molecule has 0 radical (unpaired) electrons. The van der Waals surface area contributed by atoms with Crippen molar-refractivity contribution in [2.24, 2.45) is 17.8 Å². The SMILES string of the molecule is C/C(=C\c1ccc(O)cc1)CC[C@H]1OB(O)C[C@H]2C1=C(COc1ccccc1)C[C@H]1C(=O)N(c3cccc(B(O)O)c3)C(=O)[C@H]12. The Kier molecular flexibility index (Phi) is 8.96. The fourth-order valence-corrected chi connectivity index (χ4v) is 6.95. The largest absolute Gasteiger partial charge is 0.508 e. The van der Waals surface area contributed by atoms with Gasteiger partial charge >= 0.3 is 14.2 Å². The topological polar surface area (TPSA) is 137 Å². The number of para-hydroxylation sites is 1. The van der Waals surface area contributed by atoms with E-state index in [1.54, 1.807) is 24.3 Å². The van der Waals surface area contributed by atoms with Crippen LogP contribution in [0.3, 0.4) is 0 Å². The van der Waals surface area contributed by atoms with E-state index in [1.807, 2.05) is 55.5 Å². The maximum absolute atomic E-state index is 14.1. The molecule has 3 aliphatic rings. The lowest BCUT2D eigenvalue weighted by Crippen LogP contribution is -2.46. The van der Waals surface area contributed by atoms with Gasteiger partial charge in [-0.05, 0) is 97.0 Å². The van der Waals surface area contributed by atoms with Crippen LogP contribution in [0.25, 0.3) is 6.08 Å². The number of nitrogens with zero attached hydrogens (tertiary/aromatic N) is 1. The van der Waals surface area contributed by atoms with Crippen molar-refractivity contribution >= 4 is 43.3 Å². The van der Waals surface area contributed by atoms with Gasteiger partial charge in [0.15, 0.2) is 0 Å². The standard InChI is InChI=1S/C34H35B2NO8/c1-21(16-22-11-13-26(38)14-12-22)10-15-30-31-23(20-44-27-8-3-2-4-9-27)17-28-32(29(31)19-35(41)45-30)34(40)37(33(28)39)25-7-5-6-24(18-25)36(42)43/h2-9,11-14,16,18,28-30,32,38,41-43H,10,15,17,19-20H2,1H3/b21-16+/t28-,29+,30-,32-/m1/s1. The van der Waals surface area contributed by atoms with Crippen molar-refractivity contribution in [3.05, 3.63) is 101 Å². The zero-order valence-corrected chi connectivity index (χ0v) is 25.0. The molecule has 230 valence electrons. The van der Waals surface area contributed by atoms with Crippen molar-refractivity contribution in [1.82, 2.24) is 0 Å². The molecule has 2 fully saturated rings. The lowest BCUT2D eigenvalue weighted by atomic mass is 9.58. The molecule has 0 unspecified atom stereocenters. The highest BCUT2D eigenvalue weighted by Gasteiger charge is 2.57. The number of amides is 2. The first kappa shape index (κ1) is 30.9. The molecule has 0 bridgehead atoms. The molecule has 3 aromatic rings. The van der Waals surface area contributed by atoms with E-state index in [2.05, 4.69) is 0 Å². The summed E-state index contributed by atoms with van der Waals surface area (Å²) in [6, 6.07) is 22.5. The summed E-state index contributed by atoms with van der Waals surface area (Å²) in [5.41, 5.74) is 4.31. The van der Waals surface area contributed by atoms with Crippen LogP contribution in [0.1, 0.15) is 31.7 Å². The molecule has 2 amide bonds. The molecule has 0 saturated carbocycles. The average molecular weight is 607 g/mol. The van der Waals surface area contributed by atoms with E-state index in [-0.39, 0.29) is 41.6 Å². The Hall–Kier alpha value is -4.15. The van der Waals surface area contributed by atoms with Crippen LogP contribution >= 0.6 is 0 Å². The minimum absolute atomic E-state index is 0.173. The quantitative estimate of drug-likeness (QED) is 0.165. The van der Waals surface area contributed by atoms with Crippen molar-refractivity contribution < 1.29 is 39.2 Å². The van der Waals surface area contributed by atoms with E-state index in [0.29, 0.717) is 25.0 Å². The zero-order valence-electron chi connectivity index (χ0n) is 25.0. The third kappa shape index (κ3) is 6.48. The molecule has 4 atom stereocenters. The van der Waals surface area contributed by atoms with Gasteiger partial charge in [-0.2, -0.15) is 0 Å². The number of allylic oxidation sites excluding steroid dienone is 1. The summed E-state index contributed by atoms with van der Waals surface area (Å²) in [7, 11) is -2.85. The summed E-state index contributed by atoms with van der Waals surface area (Å²) in [6.07, 6.45) is 3.25. The van der Waals surface area contributed by atoms with E-state index < -0.39 is 38.1 Å². The smallest absolute Gasteiger partial charge is 0.488 e. The van der Waals surface area contributed by atoms with Crippen LogP contribution in [0, 0.1) is 17.8 Å². The Bertz CT molecular complexity index is 1620. The van der Waals surface area contributed by atoms with Crippen LogP contribution in [0.4, 0.5) is 5.69 Å². The lowest BCUT2D eigenvalue weighted by molar-refractivity contribution is -0.122. The van der Waals surface area contributed by atoms with Crippen molar-refractivity contribution in [3.63, 3.8) is 0 Å². The molecule has 9 nitrogen and oxygen atoms in total. The number of aromatic hydroxyl groups is 1. The van der Waals surface area contributed by atoms with Crippen molar-refractivity contribution in [1.29, 1.82) is 0 Å². The van der Waals surface area contributed by atoms with E-state index in [9.17, 15) is 29.8 Å². The summed E-state index contributed by atoms with van der Waals surface area (Å²) < 4.78 is 12.3. The van der Waals surface area contributed by atoms with Crippen molar-refractivity contribution in [2.45, 2.75) is 38.6 Å². The van der Waals surface area contributed by atoms with Gasteiger partial charge < -0.3 is 29.6 Å². The predicted molar refractivity (Wildman–Crippen MR) is 171 cm³/mol. The lowest BCUT2D eigenvalue weighted by Gasteiger charge is -2.43. The molecule has 45 heavy (non-hydrogen) atoms. The van der Waals surface area contributed by atoms with Crippen LogP contribution in [-0.4, -0.2) is 58.9 Å². The first-order valence-electron chi connectivity index (χ1n) is 15.2. The normalized spacial score (nSPS) is 23.2. The van der Waals surface area contributed by atoms with Gasteiger partial charge in [0.25, 0.3) is 0 Å². The highest BCUT2D eigenvalue weighted by molar-refractivity contribution is 6.58. The number of rotatable bonds is 9. The number of ether oxygens (including phenoxy) is 1. The molecule has 0 aromatic heterocycles. The second kappa shape index (κ2) is 13.1. The van der Waals surface area contributed by atoms with E-state index in [0.717, 1.165) is 27.2 Å². The van der Waals surface area contributed by atoms with E-state index in [4.69, 9.17) is 9.39 Å². The molecule has 11 heteroatoms.